The molecular formula is C26H28F2N4O. The molecule has 0 atom stereocenters. The summed E-state index contributed by atoms with van der Waals surface area (Å²) in [6, 6.07) is 16.9. The minimum atomic E-state index is -0.695. The highest BCUT2D eigenvalue weighted by atomic mass is 19.1. The van der Waals surface area contributed by atoms with E-state index in [1.807, 2.05) is 49.4 Å². The predicted octanol–water partition coefficient (Wildman–Crippen LogP) is 5.58. The summed E-state index contributed by atoms with van der Waals surface area (Å²) in [4.78, 5) is 4.71. The van der Waals surface area contributed by atoms with Crippen LogP contribution in [0.1, 0.15) is 30.0 Å². The van der Waals surface area contributed by atoms with Gasteiger partial charge in [-0.3, -0.25) is 4.99 Å². The Morgan fingerprint density at radius 2 is 1.79 bits per heavy atom. The number of methoxy groups -OCH3 is 1. The van der Waals surface area contributed by atoms with E-state index in [4.69, 9.17) is 15.5 Å². The molecule has 5 nitrogen and oxygen atoms in total. The zero-order valence-corrected chi connectivity index (χ0v) is 18.8. The highest BCUT2D eigenvalue weighted by molar-refractivity contribution is 6.07. The number of nitrogen functional groups attached to an aromatic ring is 1. The molecule has 4 N–H and O–H groups in total. The van der Waals surface area contributed by atoms with Crippen LogP contribution >= 0.6 is 0 Å². The van der Waals surface area contributed by atoms with Crippen molar-refractivity contribution < 1.29 is 13.5 Å². The van der Waals surface area contributed by atoms with E-state index in [9.17, 15) is 8.78 Å². The van der Waals surface area contributed by atoms with Gasteiger partial charge in [-0.2, -0.15) is 0 Å². The monoisotopic (exact) mass is 450 g/mol. The molecule has 3 aromatic carbocycles. The number of rotatable bonds is 9. The molecule has 0 saturated heterocycles. The number of amidine groups is 1. The maximum absolute atomic E-state index is 14.5. The lowest BCUT2D eigenvalue weighted by Gasteiger charge is -2.18. The number of halogens is 2. The highest BCUT2D eigenvalue weighted by Crippen LogP contribution is 2.27. The summed E-state index contributed by atoms with van der Waals surface area (Å²) in [5, 5.41) is 6.14. The first-order valence-corrected chi connectivity index (χ1v) is 10.6. The van der Waals surface area contributed by atoms with Gasteiger partial charge in [0.25, 0.3) is 0 Å². The Labute approximate surface area is 193 Å². The van der Waals surface area contributed by atoms with Crippen LogP contribution in [0, 0.1) is 11.6 Å². The molecule has 0 aliphatic carbocycles. The number of anilines is 2. The van der Waals surface area contributed by atoms with Crippen molar-refractivity contribution in [2.45, 2.75) is 19.9 Å². The number of nitrogens with zero attached hydrogens (tertiary/aromatic N) is 1. The molecule has 0 aromatic heterocycles. The molecule has 0 unspecified atom stereocenters. The maximum atomic E-state index is 14.5. The van der Waals surface area contributed by atoms with E-state index in [1.54, 1.807) is 13.2 Å². The molecule has 0 saturated carbocycles. The van der Waals surface area contributed by atoms with Crippen molar-refractivity contribution in [2.75, 3.05) is 24.7 Å². The Morgan fingerprint density at radius 1 is 1.06 bits per heavy atom. The molecule has 172 valence electrons. The number of benzene rings is 3. The lowest BCUT2D eigenvalue weighted by Crippen LogP contribution is -2.25. The average Bonchev–Trinajstić information content (AvgIpc) is 2.81. The zero-order valence-electron chi connectivity index (χ0n) is 18.8. The third kappa shape index (κ3) is 5.88. The van der Waals surface area contributed by atoms with E-state index < -0.39 is 11.6 Å². The average molecular weight is 451 g/mol. The van der Waals surface area contributed by atoms with E-state index in [2.05, 4.69) is 17.2 Å². The Balaban J connectivity index is 1.99. The van der Waals surface area contributed by atoms with E-state index in [1.165, 1.54) is 6.07 Å². The molecule has 33 heavy (non-hydrogen) atoms. The minimum Gasteiger partial charge on any atom is -0.496 e. The fourth-order valence-electron chi connectivity index (χ4n) is 3.35. The smallest absolute Gasteiger partial charge is 0.149 e. The van der Waals surface area contributed by atoms with Crippen molar-refractivity contribution in [3.05, 3.63) is 95.6 Å². The molecule has 0 heterocycles. The van der Waals surface area contributed by atoms with Gasteiger partial charge in [0, 0.05) is 40.7 Å². The van der Waals surface area contributed by atoms with Crippen molar-refractivity contribution in [1.82, 2.24) is 5.32 Å². The number of ether oxygens (including phenoxy) is 1. The van der Waals surface area contributed by atoms with Gasteiger partial charge in [-0.25, -0.2) is 8.78 Å². The van der Waals surface area contributed by atoms with Crippen LogP contribution in [-0.4, -0.2) is 19.5 Å². The second-order valence-electron chi connectivity index (χ2n) is 7.40. The molecule has 3 aromatic rings. The second-order valence-corrected chi connectivity index (χ2v) is 7.40. The third-order valence-corrected chi connectivity index (χ3v) is 5.02. The summed E-state index contributed by atoms with van der Waals surface area (Å²) in [5.74, 6) is -0.249. The third-order valence-electron chi connectivity index (χ3n) is 5.02. The van der Waals surface area contributed by atoms with Gasteiger partial charge in [0.15, 0.2) is 0 Å². The van der Waals surface area contributed by atoms with Crippen LogP contribution in [0.15, 0.2) is 72.2 Å². The van der Waals surface area contributed by atoms with E-state index in [-0.39, 0.29) is 16.9 Å². The topological polar surface area (TPSA) is 71.7 Å². The summed E-state index contributed by atoms with van der Waals surface area (Å²) in [6.45, 7) is 6.82. The molecule has 0 radical (unpaired) electrons. The van der Waals surface area contributed by atoms with Crippen LogP contribution in [0.4, 0.5) is 20.2 Å². The summed E-state index contributed by atoms with van der Waals surface area (Å²) in [6.07, 6.45) is 0.780. The first-order chi connectivity index (χ1) is 15.9. The quantitative estimate of drug-likeness (QED) is 0.226. The minimum absolute atomic E-state index is 0.181. The zero-order chi connectivity index (χ0) is 23.8. The molecule has 0 aliphatic rings. The summed E-state index contributed by atoms with van der Waals surface area (Å²) < 4.78 is 34.0. The number of hydrogen-bond acceptors (Lipinski definition) is 4. The first-order valence-electron chi connectivity index (χ1n) is 10.6. The van der Waals surface area contributed by atoms with Gasteiger partial charge in [-0.15, -0.1) is 0 Å². The predicted molar refractivity (Wildman–Crippen MR) is 131 cm³/mol. The van der Waals surface area contributed by atoms with Gasteiger partial charge >= 0.3 is 0 Å². The van der Waals surface area contributed by atoms with Crippen LogP contribution in [-0.2, 0) is 6.54 Å². The molecule has 7 heteroatoms. The standard InChI is InChI=1S/C26H28F2N4O/c1-4-13-30-25-21(14-19(27)15-22(25)28)17(2)32-26(20-10-6-7-11-23(20)29)31-16-18-9-5-8-12-24(18)33-3/h5-12,14-15,30H,2,4,13,16,29H2,1,3H3,(H,31,32). The molecule has 3 rings (SSSR count). The summed E-state index contributed by atoms with van der Waals surface area (Å²) in [5.41, 5.74) is 8.97. The molecule has 0 aliphatic heterocycles. The number of nitrogens with two attached hydrogens (primary N) is 1. The van der Waals surface area contributed by atoms with Crippen LogP contribution < -0.4 is 21.1 Å². The Kier molecular flexibility index (Phi) is 8.02. The van der Waals surface area contributed by atoms with Crippen molar-refractivity contribution in [3.8, 4) is 5.75 Å². The molecule has 0 spiro atoms. The Hall–Kier alpha value is -3.87. The molecule has 0 bridgehead atoms. The van der Waals surface area contributed by atoms with Gasteiger partial charge in [0.2, 0.25) is 0 Å². The van der Waals surface area contributed by atoms with Crippen LogP contribution in [0.2, 0.25) is 0 Å². The number of nitrogens with one attached hydrogen (secondary N) is 2. The van der Waals surface area contributed by atoms with Crippen molar-refractivity contribution in [1.29, 1.82) is 0 Å². The number of aliphatic imine (C=N–C) groups is 1. The summed E-state index contributed by atoms with van der Waals surface area (Å²) >= 11 is 0. The maximum Gasteiger partial charge on any atom is 0.149 e. The van der Waals surface area contributed by atoms with Gasteiger partial charge in [-0.05, 0) is 30.7 Å². The van der Waals surface area contributed by atoms with Crippen LogP contribution in [0.3, 0.4) is 0 Å². The number of para-hydroxylation sites is 2. The molecular weight excluding hydrogens is 422 g/mol. The number of hydrogen-bond donors (Lipinski definition) is 3. The van der Waals surface area contributed by atoms with Crippen LogP contribution in [0.25, 0.3) is 5.70 Å². The van der Waals surface area contributed by atoms with Crippen LogP contribution in [0.5, 0.6) is 5.75 Å². The fourth-order valence-corrected chi connectivity index (χ4v) is 3.35. The molecule has 0 fully saturated rings. The van der Waals surface area contributed by atoms with Crippen molar-refractivity contribution in [3.63, 3.8) is 0 Å². The van der Waals surface area contributed by atoms with Crippen molar-refractivity contribution >= 4 is 22.9 Å². The normalized spacial score (nSPS) is 11.2. The van der Waals surface area contributed by atoms with Gasteiger partial charge in [-0.1, -0.05) is 43.8 Å². The van der Waals surface area contributed by atoms with E-state index in [0.717, 1.165) is 18.1 Å². The lowest BCUT2D eigenvalue weighted by atomic mass is 10.1. The second kappa shape index (κ2) is 11.1. The SMILES string of the molecule is C=C(NC(=NCc1ccccc1OC)c1ccccc1N)c1cc(F)cc(F)c1NCCC. The fraction of sp³-hybridized carbons (Fsp3) is 0.192. The van der Waals surface area contributed by atoms with Gasteiger partial charge in [0.1, 0.15) is 23.2 Å². The largest absolute Gasteiger partial charge is 0.496 e. The van der Waals surface area contributed by atoms with E-state index >= 15 is 0 Å². The Bertz CT molecular complexity index is 1160. The highest BCUT2D eigenvalue weighted by Gasteiger charge is 2.16. The molecule has 0 amide bonds. The summed E-state index contributed by atoms with van der Waals surface area (Å²) in [7, 11) is 1.60. The van der Waals surface area contributed by atoms with Gasteiger partial charge in [0.05, 0.1) is 19.3 Å². The van der Waals surface area contributed by atoms with Crippen molar-refractivity contribution in [2.24, 2.45) is 4.99 Å². The van der Waals surface area contributed by atoms with E-state index in [0.29, 0.717) is 35.9 Å². The van der Waals surface area contributed by atoms with Gasteiger partial charge < -0.3 is 21.1 Å². The lowest BCUT2D eigenvalue weighted by molar-refractivity contribution is 0.410. The Morgan fingerprint density at radius 3 is 2.52 bits per heavy atom. The first kappa shape index (κ1) is 23.8.